The van der Waals surface area contributed by atoms with Gasteiger partial charge in [-0.05, 0) is 36.0 Å². The Labute approximate surface area is 183 Å². The number of thiocarbonyl (C=S) groups is 1. The molecule has 2 heterocycles. The topological polar surface area (TPSA) is 68.8 Å². The number of esters is 1. The predicted octanol–water partition coefficient (Wildman–Crippen LogP) is 4.71. The lowest BCUT2D eigenvalue weighted by Crippen LogP contribution is -2.20. The van der Waals surface area contributed by atoms with Gasteiger partial charge in [0.2, 0.25) is 0 Å². The number of methoxy groups -OCH3 is 1. The van der Waals surface area contributed by atoms with E-state index in [9.17, 15) is 4.79 Å². The first kappa shape index (κ1) is 20.2. The van der Waals surface area contributed by atoms with Crippen molar-refractivity contribution in [3.8, 4) is 11.5 Å². The molecule has 2 N–H and O–H groups in total. The number of hydrogen-bond acceptors (Lipinski definition) is 6. The molecule has 0 saturated carbocycles. The molecule has 1 aromatic heterocycles. The van der Waals surface area contributed by atoms with E-state index in [1.165, 1.54) is 24.0 Å². The highest BCUT2D eigenvalue weighted by Gasteiger charge is 2.18. The first-order chi connectivity index (χ1) is 14.6. The van der Waals surface area contributed by atoms with E-state index >= 15 is 0 Å². The lowest BCUT2D eigenvalue weighted by atomic mass is 10.1. The minimum absolute atomic E-state index is 0.366. The van der Waals surface area contributed by atoms with Crippen LogP contribution in [0.25, 0.3) is 0 Å². The summed E-state index contributed by atoms with van der Waals surface area (Å²) in [5, 5.41) is 7.26. The van der Waals surface area contributed by atoms with Crippen molar-refractivity contribution in [1.82, 2.24) is 0 Å². The molecular weight excluding hydrogens is 420 g/mol. The number of anilines is 2. The number of ether oxygens (including phenoxy) is 3. The maximum Gasteiger partial charge on any atom is 0.340 e. The standard InChI is InChI=1S/C22H20N2O4S2/c1-26-21(25)17-13-16(11-14-5-3-2-4-6-14)30-20(17)24-22(29)23-15-7-8-18-19(12-15)28-10-9-27-18/h2-8,12-13H,9-11H2,1H3,(H2,23,24,29). The summed E-state index contributed by atoms with van der Waals surface area (Å²) in [6.45, 7) is 1.06. The van der Waals surface area contributed by atoms with Crippen LogP contribution in [0.1, 0.15) is 20.8 Å². The third kappa shape index (κ3) is 4.72. The molecule has 0 unspecified atom stereocenters. The van der Waals surface area contributed by atoms with Crippen LogP contribution >= 0.6 is 23.6 Å². The van der Waals surface area contributed by atoms with E-state index in [1.807, 2.05) is 42.5 Å². The van der Waals surface area contributed by atoms with Gasteiger partial charge in [-0.15, -0.1) is 11.3 Å². The molecule has 0 spiro atoms. The third-order valence-corrected chi connectivity index (χ3v) is 5.69. The average molecular weight is 441 g/mol. The molecule has 8 heteroatoms. The van der Waals surface area contributed by atoms with E-state index in [1.54, 1.807) is 0 Å². The van der Waals surface area contributed by atoms with Crippen molar-refractivity contribution >= 4 is 45.3 Å². The highest BCUT2D eigenvalue weighted by atomic mass is 32.1. The Bertz CT molecular complexity index is 1070. The van der Waals surface area contributed by atoms with Crippen LogP contribution in [-0.4, -0.2) is 31.4 Å². The summed E-state index contributed by atoms with van der Waals surface area (Å²) in [7, 11) is 1.37. The molecule has 3 aromatic rings. The van der Waals surface area contributed by atoms with Gasteiger partial charge in [-0.25, -0.2) is 4.79 Å². The van der Waals surface area contributed by atoms with Gasteiger partial charge in [0.15, 0.2) is 16.6 Å². The van der Waals surface area contributed by atoms with Crippen LogP contribution in [0.15, 0.2) is 54.6 Å². The summed E-state index contributed by atoms with van der Waals surface area (Å²) >= 11 is 6.93. The average Bonchev–Trinajstić information content (AvgIpc) is 3.15. The molecule has 1 aliphatic heterocycles. The first-order valence-corrected chi connectivity index (χ1v) is 10.6. The smallest absolute Gasteiger partial charge is 0.340 e. The van der Waals surface area contributed by atoms with Crippen molar-refractivity contribution in [2.24, 2.45) is 0 Å². The lowest BCUT2D eigenvalue weighted by molar-refractivity contribution is 0.0602. The Morgan fingerprint density at radius 1 is 1.07 bits per heavy atom. The van der Waals surface area contributed by atoms with Crippen molar-refractivity contribution in [1.29, 1.82) is 0 Å². The lowest BCUT2D eigenvalue weighted by Gasteiger charge is -2.19. The minimum Gasteiger partial charge on any atom is -0.486 e. The number of hydrogen-bond donors (Lipinski definition) is 2. The molecule has 0 radical (unpaired) electrons. The summed E-state index contributed by atoms with van der Waals surface area (Å²) in [5.41, 5.74) is 2.39. The highest BCUT2D eigenvalue weighted by molar-refractivity contribution is 7.80. The molecule has 0 atom stereocenters. The quantitative estimate of drug-likeness (QED) is 0.440. The number of fused-ring (bicyclic) bond motifs is 1. The summed E-state index contributed by atoms with van der Waals surface area (Å²) in [6.07, 6.45) is 0.722. The van der Waals surface area contributed by atoms with Crippen LogP contribution in [-0.2, 0) is 11.2 Å². The fraction of sp³-hybridized carbons (Fsp3) is 0.182. The third-order valence-electron chi connectivity index (χ3n) is 4.44. The second kappa shape index (κ2) is 9.15. The summed E-state index contributed by atoms with van der Waals surface area (Å²) < 4.78 is 16.1. The monoisotopic (exact) mass is 440 g/mol. The zero-order chi connectivity index (χ0) is 20.9. The molecule has 30 heavy (non-hydrogen) atoms. The maximum atomic E-state index is 12.3. The van der Waals surface area contributed by atoms with E-state index in [2.05, 4.69) is 22.8 Å². The van der Waals surface area contributed by atoms with Gasteiger partial charge in [0.05, 0.1) is 12.7 Å². The van der Waals surface area contributed by atoms with E-state index < -0.39 is 5.97 Å². The number of carbonyl (C=O) groups is 1. The summed E-state index contributed by atoms with van der Waals surface area (Å²) in [6, 6.07) is 17.5. The van der Waals surface area contributed by atoms with Crippen molar-refractivity contribution in [2.75, 3.05) is 31.0 Å². The summed E-state index contributed by atoms with van der Waals surface area (Å²) in [5.74, 6) is 0.975. The number of rotatable bonds is 5. The zero-order valence-electron chi connectivity index (χ0n) is 16.3. The van der Waals surface area contributed by atoms with Gasteiger partial charge >= 0.3 is 5.97 Å². The van der Waals surface area contributed by atoms with Crippen molar-refractivity contribution in [3.05, 3.63) is 70.6 Å². The van der Waals surface area contributed by atoms with Gasteiger partial charge in [0, 0.05) is 23.1 Å². The maximum absolute atomic E-state index is 12.3. The van der Waals surface area contributed by atoms with Gasteiger partial charge in [0.25, 0.3) is 0 Å². The second-order valence-electron chi connectivity index (χ2n) is 6.55. The molecule has 2 aromatic carbocycles. The van der Waals surface area contributed by atoms with E-state index in [0.29, 0.717) is 40.4 Å². The molecule has 0 bridgehead atoms. The Balaban J connectivity index is 1.49. The van der Waals surface area contributed by atoms with Crippen molar-refractivity contribution in [3.63, 3.8) is 0 Å². The number of nitrogens with one attached hydrogen (secondary N) is 2. The Morgan fingerprint density at radius 2 is 1.83 bits per heavy atom. The highest BCUT2D eigenvalue weighted by Crippen LogP contribution is 2.33. The molecule has 6 nitrogen and oxygen atoms in total. The van der Waals surface area contributed by atoms with E-state index in [0.717, 1.165) is 17.0 Å². The molecule has 1 aliphatic rings. The molecule has 4 rings (SSSR count). The Morgan fingerprint density at radius 3 is 2.60 bits per heavy atom. The SMILES string of the molecule is COC(=O)c1cc(Cc2ccccc2)sc1NC(=S)Nc1ccc2c(c1)OCCO2. The molecule has 0 amide bonds. The molecule has 154 valence electrons. The number of carbonyl (C=O) groups excluding carboxylic acids is 1. The molecule has 0 aliphatic carbocycles. The fourth-order valence-electron chi connectivity index (χ4n) is 3.07. The Kier molecular flexibility index (Phi) is 6.15. The van der Waals surface area contributed by atoms with Crippen LogP contribution in [0.5, 0.6) is 11.5 Å². The Hall–Kier alpha value is -3.10. The molecule has 0 fully saturated rings. The normalized spacial score (nSPS) is 12.2. The minimum atomic E-state index is -0.407. The molecule has 0 saturated heterocycles. The van der Waals surface area contributed by atoms with Crippen LogP contribution < -0.4 is 20.1 Å². The first-order valence-electron chi connectivity index (χ1n) is 9.35. The van der Waals surface area contributed by atoms with Crippen LogP contribution in [0.3, 0.4) is 0 Å². The zero-order valence-corrected chi connectivity index (χ0v) is 17.9. The van der Waals surface area contributed by atoms with E-state index in [4.69, 9.17) is 26.4 Å². The van der Waals surface area contributed by atoms with Crippen LogP contribution in [0.4, 0.5) is 10.7 Å². The van der Waals surface area contributed by atoms with Gasteiger partial charge in [0.1, 0.15) is 18.2 Å². The molecular formula is C22H20N2O4S2. The van der Waals surface area contributed by atoms with Crippen molar-refractivity contribution in [2.45, 2.75) is 6.42 Å². The number of thiophene rings is 1. The van der Waals surface area contributed by atoms with Crippen molar-refractivity contribution < 1.29 is 19.0 Å². The van der Waals surface area contributed by atoms with Gasteiger partial charge in [-0.1, -0.05) is 30.3 Å². The second-order valence-corrected chi connectivity index (χ2v) is 8.09. The van der Waals surface area contributed by atoms with Gasteiger partial charge in [-0.2, -0.15) is 0 Å². The predicted molar refractivity (Wildman–Crippen MR) is 122 cm³/mol. The number of benzene rings is 2. The van der Waals surface area contributed by atoms with Crippen LogP contribution in [0, 0.1) is 0 Å². The van der Waals surface area contributed by atoms with E-state index in [-0.39, 0.29) is 0 Å². The fourth-order valence-corrected chi connectivity index (χ4v) is 4.43. The van der Waals surface area contributed by atoms with Crippen LogP contribution in [0.2, 0.25) is 0 Å². The van der Waals surface area contributed by atoms with Gasteiger partial charge in [-0.3, -0.25) is 0 Å². The summed E-state index contributed by atoms with van der Waals surface area (Å²) in [4.78, 5) is 13.3. The van der Waals surface area contributed by atoms with Gasteiger partial charge < -0.3 is 24.8 Å². The largest absolute Gasteiger partial charge is 0.486 e.